The molecule has 0 radical (unpaired) electrons. The number of sulfonamides is 1. The lowest BCUT2D eigenvalue weighted by atomic mass is 10.2. The number of primary sulfonamides is 1. The molecule has 0 aliphatic carbocycles. The highest BCUT2D eigenvalue weighted by Crippen LogP contribution is 2.16. The summed E-state index contributed by atoms with van der Waals surface area (Å²) in [6.45, 7) is 0. The van der Waals surface area contributed by atoms with Crippen molar-refractivity contribution in [2.75, 3.05) is 10.6 Å². The first-order valence-corrected chi connectivity index (χ1v) is 12.3. The van der Waals surface area contributed by atoms with Crippen LogP contribution in [0.3, 0.4) is 0 Å². The van der Waals surface area contributed by atoms with Gasteiger partial charge in [-0.1, -0.05) is 12.1 Å². The second-order valence-electron chi connectivity index (χ2n) is 6.63. The Hall–Kier alpha value is -2.32. The van der Waals surface area contributed by atoms with Gasteiger partial charge in [-0.25, -0.2) is 13.6 Å². The number of carbonyl (C=O) groups excluding carboxylic acids is 2. The van der Waals surface area contributed by atoms with Crippen molar-refractivity contribution >= 4 is 75.7 Å². The first-order chi connectivity index (χ1) is 15.1. The number of Topliss-reactive ketones (excluding diaryl/α,β-unsaturated/α-hetero) is 1. The summed E-state index contributed by atoms with van der Waals surface area (Å²) in [5.74, 6) is -0.276. The van der Waals surface area contributed by atoms with E-state index in [9.17, 15) is 18.0 Å². The minimum absolute atomic E-state index is 0.0268. The molecule has 0 bridgehead atoms. The molecule has 0 fully saturated rings. The molecule has 2 aromatic rings. The molecular weight excluding hydrogens is 491 g/mol. The fourth-order valence-electron chi connectivity index (χ4n) is 2.48. The molecule has 9 nitrogen and oxygen atoms in total. The molecule has 1 unspecified atom stereocenters. The maximum absolute atomic E-state index is 12.1. The van der Waals surface area contributed by atoms with Crippen molar-refractivity contribution in [2.24, 2.45) is 5.14 Å². The molecule has 1 amide bonds. The van der Waals surface area contributed by atoms with E-state index in [-0.39, 0.29) is 28.6 Å². The van der Waals surface area contributed by atoms with Crippen molar-refractivity contribution in [1.82, 2.24) is 10.9 Å². The lowest BCUT2D eigenvalue weighted by molar-refractivity contribution is -0.128. The van der Waals surface area contributed by atoms with E-state index in [1.54, 1.807) is 0 Å². The van der Waals surface area contributed by atoms with Gasteiger partial charge < -0.3 is 10.6 Å². The zero-order chi connectivity index (χ0) is 23.7. The molecule has 0 aliphatic heterocycles. The van der Waals surface area contributed by atoms with Crippen LogP contribution in [0.4, 0.5) is 11.4 Å². The molecule has 2 rings (SSSR count). The van der Waals surface area contributed by atoms with E-state index >= 15 is 0 Å². The molecule has 6 N–H and O–H groups in total. The first kappa shape index (κ1) is 25.9. The third-order valence-electron chi connectivity index (χ3n) is 4.00. The van der Waals surface area contributed by atoms with Gasteiger partial charge in [0.05, 0.1) is 16.7 Å². The molecule has 0 aromatic heterocycles. The Morgan fingerprint density at radius 3 is 2.16 bits per heavy atom. The number of rotatable bonds is 9. The largest absolute Gasteiger partial charge is 0.373 e. The van der Waals surface area contributed by atoms with Gasteiger partial charge in [0.15, 0.2) is 5.11 Å². The van der Waals surface area contributed by atoms with E-state index in [1.165, 1.54) is 24.3 Å². The SMILES string of the molecule is NS(=O)(=O)c1ccc(NC(S)CC(=O)CC(=O)NNC(=S)Nc2ccc(CS)cc2)cc1. The number of carbonyl (C=O) groups is 2. The Bertz CT molecular complexity index is 1060. The standard InChI is InChI=1S/C19H23N5O4S4/c20-32(27,28)16-7-5-13(6-8-16)21-18(30)10-15(25)9-17(26)23-24-19(31)22-14-3-1-12(11-29)2-4-14/h1-8,18,21,29-30H,9-11H2,(H,23,26)(H2,20,27,28)(H2,22,24,31). The lowest BCUT2D eigenvalue weighted by Crippen LogP contribution is -2.44. The van der Waals surface area contributed by atoms with Crippen LogP contribution in [0.2, 0.25) is 0 Å². The number of thiocarbonyl (C=S) groups is 1. The van der Waals surface area contributed by atoms with Gasteiger partial charge in [0.1, 0.15) is 5.78 Å². The quantitative estimate of drug-likeness (QED) is 0.0885. The number of anilines is 2. The number of hydrogen-bond acceptors (Lipinski definition) is 8. The third-order valence-corrected chi connectivity index (χ3v) is 5.81. The molecular formula is C19H23N5O4S4. The number of hydrazine groups is 1. The van der Waals surface area contributed by atoms with Crippen molar-refractivity contribution in [3.05, 3.63) is 54.1 Å². The third kappa shape index (κ3) is 9.04. The van der Waals surface area contributed by atoms with Crippen LogP contribution in [-0.4, -0.2) is 30.6 Å². The number of nitrogens with two attached hydrogens (primary N) is 1. The molecule has 0 saturated heterocycles. The van der Waals surface area contributed by atoms with Crippen molar-refractivity contribution in [3.63, 3.8) is 0 Å². The van der Waals surface area contributed by atoms with E-state index in [2.05, 4.69) is 46.7 Å². The van der Waals surface area contributed by atoms with Crippen molar-refractivity contribution < 1.29 is 18.0 Å². The molecule has 13 heteroatoms. The summed E-state index contributed by atoms with van der Waals surface area (Å²) in [4.78, 5) is 24.0. The van der Waals surface area contributed by atoms with Gasteiger partial charge in [-0.3, -0.25) is 20.4 Å². The number of thiol groups is 2. The summed E-state index contributed by atoms with van der Waals surface area (Å²) >= 11 is 13.6. The van der Waals surface area contributed by atoms with Gasteiger partial charge in [-0.15, -0.1) is 0 Å². The van der Waals surface area contributed by atoms with Crippen LogP contribution >= 0.6 is 37.5 Å². The summed E-state index contributed by atoms with van der Waals surface area (Å²) in [6.07, 6.45) is -0.400. The van der Waals surface area contributed by atoms with Crippen molar-refractivity contribution in [1.29, 1.82) is 0 Å². The average molecular weight is 514 g/mol. The fourth-order valence-corrected chi connectivity index (χ4v) is 3.73. The number of ketones is 1. The van der Waals surface area contributed by atoms with E-state index in [0.29, 0.717) is 11.4 Å². The van der Waals surface area contributed by atoms with E-state index in [0.717, 1.165) is 11.3 Å². The molecule has 0 saturated carbocycles. The smallest absolute Gasteiger partial charge is 0.245 e. The van der Waals surface area contributed by atoms with Crippen LogP contribution in [0.25, 0.3) is 0 Å². The first-order valence-electron chi connectivity index (χ1n) is 9.21. The Kier molecular flexibility index (Phi) is 9.78. The van der Waals surface area contributed by atoms with Crippen LogP contribution in [0.15, 0.2) is 53.4 Å². The Morgan fingerprint density at radius 2 is 1.59 bits per heavy atom. The minimum atomic E-state index is -3.78. The molecule has 1 atom stereocenters. The second-order valence-corrected chi connectivity index (χ2v) is 9.54. The summed E-state index contributed by atoms with van der Waals surface area (Å²) in [6, 6.07) is 13.1. The lowest BCUT2D eigenvalue weighted by Gasteiger charge is -2.14. The van der Waals surface area contributed by atoms with Crippen LogP contribution in [0, 0.1) is 0 Å². The zero-order valence-corrected chi connectivity index (χ0v) is 20.2. The monoisotopic (exact) mass is 513 g/mol. The van der Waals surface area contributed by atoms with Crippen LogP contribution < -0.4 is 26.6 Å². The number of amides is 1. The van der Waals surface area contributed by atoms with Gasteiger partial charge in [0.25, 0.3) is 0 Å². The van der Waals surface area contributed by atoms with Gasteiger partial charge in [-0.2, -0.15) is 25.3 Å². The highest BCUT2D eigenvalue weighted by atomic mass is 32.2. The fraction of sp³-hybridized carbons (Fsp3) is 0.211. The van der Waals surface area contributed by atoms with E-state index < -0.39 is 21.3 Å². The predicted molar refractivity (Wildman–Crippen MR) is 135 cm³/mol. The van der Waals surface area contributed by atoms with Gasteiger partial charge in [0.2, 0.25) is 15.9 Å². The zero-order valence-electron chi connectivity index (χ0n) is 16.7. The highest BCUT2D eigenvalue weighted by molar-refractivity contribution is 7.89. The van der Waals surface area contributed by atoms with Crippen LogP contribution in [0.5, 0.6) is 0 Å². The Labute approximate surface area is 202 Å². The summed E-state index contributed by atoms with van der Waals surface area (Å²) in [7, 11) is -3.78. The highest BCUT2D eigenvalue weighted by Gasteiger charge is 2.15. The van der Waals surface area contributed by atoms with E-state index in [4.69, 9.17) is 17.4 Å². The number of hydrogen-bond donors (Lipinski definition) is 7. The Balaban J connectivity index is 1.72. The molecule has 2 aromatic carbocycles. The summed E-state index contributed by atoms with van der Waals surface area (Å²) < 4.78 is 22.5. The number of benzene rings is 2. The topological polar surface area (TPSA) is 142 Å². The Morgan fingerprint density at radius 1 is 1.00 bits per heavy atom. The summed E-state index contributed by atoms with van der Waals surface area (Å²) in [5.41, 5.74) is 7.24. The summed E-state index contributed by atoms with van der Waals surface area (Å²) in [5, 5.41) is 10.5. The molecule has 32 heavy (non-hydrogen) atoms. The maximum atomic E-state index is 12.1. The van der Waals surface area contributed by atoms with Gasteiger partial charge in [0, 0.05) is 23.5 Å². The molecule has 0 aliphatic rings. The van der Waals surface area contributed by atoms with Crippen molar-refractivity contribution in [2.45, 2.75) is 28.9 Å². The molecule has 0 heterocycles. The molecule has 0 spiro atoms. The maximum Gasteiger partial charge on any atom is 0.245 e. The van der Waals surface area contributed by atoms with Crippen molar-refractivity contribution in [3.8, 4) is 0 Å². The number of nitrogens with one attached hydrogen (secondary N) is 4. The predicted octanol–water partition coefficient (Wildman–Crippen LogP) is 1.80. The van der Waals surface area contributed by atoms with Crippen LogP contribution in [0.1, 0.15) is 18.4 Å². The molecule has 172 valence electrons. The van der Waals surface area contributed by atoms with Gasteiger partial charge >= 0.3 is 0 Å². The average Bonchev–Trinajstić information content (AvgIpc) is 2.72. The normalized spacial score (nSPS) is 11.8. The van der Waals surface area contributed by atoms with Crippen LogP contribution in [-0.2, 0) is 25.4 Å². The minimum Gasteiger partial charge on any atom is -0.373 e. The van der Waals surface area contributed by atoms with Gasteiger partial charge in [-0.05, 0) is 54.2 Å². The van der Waals surface area contributed by atoms with E-state index in [1.807, 2.05) is 24.3 Å². The second kappa shape index (κ2) is 12.1.